The summed E-state index contributed by atoms with van der Waals surface area (Å²) in [6.07, 6.45) is 3.71. The van der Waals surface area contributed by atoms with Crippen molar-refractivity contribution < 1.29 is 4.42 Å². The van der Waals surface area contributed by atoms with Gasteiger partial charge in [-0.1, -0.05) is 115 Å². The van der Waals surface area contributed by atoms with Crippen molar-refractivity contribution >= 4 is 21.9 Å². The molecule has 3 heterocycles. The van der Waals surface area contributed by atoms with E-state index >= 15 is 0 Å². The van der Waals surface area contributed by atoms with Crippen LogP contribution in [0.15, 0.2) is 181 Å². The van der Waals surface area contributed by atoms with Gasteiger partial charge >= 0.3 is 0 Å². The topological polar surface area (TPSA) is 51.8 Å². The van der Waals surface area contributed by atoms with Gasteiger partial charge in [-0.15, -0.1) is 0 Å². The van der Waals surface area contributed by atoms with Crippen LogP contribution in [0.2, 0.25) is 0 Å². The summed E-state index contributed by atoms with van der Waals surface area (Å²) in [4.78, 5) is 14.7. The molecule has 0 radical (unpaired) electrons. The van der Waals surface area contributed by atoms with Crippen LogP contribution in [0.5, 0.6) is 0 Å². The number of rotatable bonds is 6. The zero-order chi connectivity index (χ0) is 32.6. The molecule has 4 nitrogen and oxygen atoms in total. The Hall–Kier alpha value is -6.65. The standard InChI is InChI=1S/C45H29N3O/c1-3-10-30(11-4-1)31-17-19-32(20-18-31)41-28-42(48-45(47-41)33-12-5-2-6-13-33)38-25-36(24-37(26-38)35-14-9-23-46-29-35)34-21-22-44-40(27-34)39-15-7-8-16-43(39)49-44/h1-29H. The highest BCUT2D eigenvalue weighted by Gasteiger charge is 2.15. The third-order valence-electron chi connectivity index (χ3n) is 8.98. The van der Waals surface area contributed by atoms with E-state index in [1.807, 2.05) is 48.7 Å². The summed E-state index contributed by atoms with van der Waals surface area (Å²) in [6, 6.07) is 56.6. The van der Waals surface area contributed by atoms with Crippen LogP contribution in [0.4, 0.5) is 0 Å². The molecule has 0 bridgehead atoms. The molecular weight excluding hydrogens is 599 g/mol. The van der Waals surface area contributed by atoms with E-state index in [2.05, 4.69) is 126 Å². The molecule has 0 aliphatic carbocycles. The van der Waals surface area contributed by atoms with Crippen molar-refractivity contribution in [1.29, 1.82) is 0 Å². The molecule has 0 atom stereocenters. The van der Waals surface area contributed by atoms with Gasteiger partial charge in [-0.05, 0) is 76.3 Å². The number of para-hydroxylation sites is 1. The molecule has 3 aromatic heterocycles. The van der Waals surface area contributed by atoms with Gasteiger partial charge in [-0.2, -0.15) is 0 Å². The average molecular weight is 628 g/mol. The number of furan rings is 1. The minimum absolute atomic E-state index is 0.680. The van der Waals surface area contributed by atoms with Crippen molar-refractivity contribution in [2.24, 2.45) is 0 Å². The largest absolute Gasteiger partial charge is 0.456 e. The molecule has 0 aliphatic rings. The molecule has 0 fully saturated rings. The highest BCUT2D eigenvalue weighted by molar-refractivity contribution is 6.06. The van der Waals surface area contributed by atoms with E-state index in [-0.39, 0.29) is 0 Å². The second kappa shape index (κ2) is 12.2. The predicted octanol–water partition coefficient (Wildman–Crippen LogP) is 11.8. The maximum absolute atomic E-state index is 6.15. The fourth-order valence-corrected chi connectivity index (χ4v) is 6.47. The minimum Gasteiger partial charge on any atom is -0.456 e. The molecule has 9 aromatic rings. The zero-order valence-corrected chi connectivity index (χ0v) is 26.5. The van der Waals surface area contributed by atoms with Crippen molar-refractivity contribution in [2.75, 3.05) is 0 Å². The highest BCUT2D eigenvalue weighted by Crippen LogP contribution is 2.37. The first-order chi connectivity index (χ1) is 24.2. The second-order valence-corrected chi connectivity index (χ2v) is 12.1. The average Bonchev–Trinajstić information content (AvgIpc) is 3.57. The lowest BCUT2D eigenvalue weighted by Crippen LogP contribution is -1.96. The molecule has 0 unspecified atom stereocenters. The number of aromatic nitrogens is 3. The molecule has 0 N–H and O–H groups in total. The van der Waals surface area contributed by atoms with Crippen LogP contribution in [0, 0.1) is 0 Å². The minimum atomic E-state index is 0.680. The van der Waals surface area contributed by atoms with Crippen LogP contribution >= 0.6 is 0 Å². The Morgan fingerprint density at radius 2 is 0.918 bits per heavy atom. The van der Waals surface area contributed by atoms with Crippen LogP contribution in [-0.2, 0) is 0 Å². The second-order valence-electron chi connectivity index (χ2n) is 12.1. The molecule has 0 amide bonds. The molecule has 9 rings (SSSR count). The summed E-state index contributed by atoms with van der Waals surface area (Å²) < 4.78 is 6.15. The van der Waals surface area contributed by atoms with Gasteiger partial charge in [-0.3, -0.25) is 4.98 Å². The molecule has 0 saturated heterocycles. The Balaban J connectivity index is 1.22. The van der Waals surface area contributed by atoms with E-state index in [0.29, 0.717) is 5.82 Å². The quantitative estimate of drug-likeness (QED) is 0.184. The van der Waals surface area contributed by atoms with Crippen LogP contribution in [0.3, 0.4) is 0 Å². The number of pyridine rings is 1. The monoisotopic (exact) mass is 627 g/mol. The van der Waals surface area contributed by atoms with Crippen LogP contribution < -0.4 is 0 Å². The lowest BCUT2D eigenvalue weighted by molar-refractivity contribution is 0.669. The van der Waals surface area contributed by atoms with E-state index in [1.54, 1.807) is 6.20 Å². The van der Waals surface area contributed by atoms with Crippen molar-refractivity contribution in [3.63, 3.8) is 0 Å². The summed E-state index contributed by atoms with van der Waals surface area (Å²) in [7, 11) is 0. The fourth-order valence-electron chi connectivity index (χ4n) is 6.47. The number of hydrogen-bond acceptors (Lipinski definition) is 4. The third-order valence-corrected chi connectivity index (χ3v) is 8.98. The van der Waals surface area contributed by atoms with Crippen molar-refractivity contribution in [2.45, 2.75) is 0 Å². The molecular formula is C45H29N3O. The Kier molecular flexibility index (Phi) is 7.10. The summed E-state index contributed by atoms with van der Waals surface area (Å²) in [5.74, 6) is 0.680. The van der Waals surface area contributed by atoms with Gasteiger partial charge in [0.05, 0.1) is 11.4 Å². The van der Waals surface area contributed by atoms with Crippen molar-refractivity contribution in [3.8, 4) is 67.3 Å². The third kappa shape index (κ3) is 5.56. The Morgan fingerprint density at radius 1 is 0.347 bits per heavy atom. The predicted molar refractivity (Wildman–Crippen MR) is 200 cm³/mol. The maximum atomic E-state index is 6.15. The van der Waals surface area contributed by atoms with Gasteiger partial charge in [0, 0.05) is 45.4 Å². The van der Waals surface area contributed by atoms with Crippen LogP contribution in [0.1, 0.15) is 0 Å². The molecule has 0 saturated carbocycles. The number of nitrogens with zero attached hydrogens (tertiary/aromatic N) is 3. The smallest absolute Gasteiger partial charge is 0.160 e. The van der Waals surface area contributed by atoms with Gasteiger partial charge in [-0.25, -0.2) is 9.97 Å². The van der Waals surface area contributed by atoms with Crippen molar-refractivity contribution in [3.05, 3.63) is 176 Å². The first kappa shape index (κ1) is 28.6. The van der Waals surface area contributed by atoms with E-state index in [4.69, 9.17) is 14.4 Å². The van der Waals surface area contributed by atoms with Gasteiger partial charge in [0.25, 0.3) is 0 Å². The first-order valence-corrected chi connectivity index (χ1v) is 16.3. The van der Waals surface area contributed by atoms with E-state index < -0.39 is 0 Å². The normalized spacial score (nSPS) is 11.3. The summed E-state index contributed by atoms with van der Waals surface area (Å²) >= 11 is 0. The van der Waals surface area contributed by atoms with Crippen molar-refractivity contribution in [1.82, 2.24) is 15.0 Å². The van der Waals surface area contributed by atoms with Crippen LogP contribution in [-0.4, -0.2) is 15.0 Å². The summed E-state index contributed by atoms with van der Waals surface area (Å²) in [5.41, 5.74) is 13.1. The molecule has 0 aliphatic heterocycles. The molecule has 230 valence electrons. The lowest BCUT2D eigenvalue weighted by Gasteiger charge is -2.13. The molecule has 0 spiro atoms. The number of benzene rings is 6. The van der Waals surface area contributed by atoms with Gasteiger partial charge in [0.2, 0.25) is 0 Å². The Labute approximate surface area is 284 Å². The summed E-state index contributed by atoms with van der Waals surface area (Å²) in [6.45, 7) is 0. The number of hydrogen-bond donors (Lipinski definition) is 0. The molecule has 49 heavy (non-hydrogen) atoms. The fraction of sp³-hybridized carbons (Fsp3) is 0. The van der Waals surface area contributed by atoms with E-state index in [0.717, 1.165) is 77.8 Å². The van der Waals surface area contributed by atoms with Gasteiger partial charge in [0.1, 0.15) is 11.2 Å². The van der Waals surface area contributed by atoms with E-state index in [9.17, 15) is 0 Å². The van der Waals surface area contributed by atoms with Gasteiger partial charge < -0.3 is 4.42 Å². The molecule has 6 aromatic carbocycles. The lowest BCUT2D eigenvalue weighted by atomic mass is 9.94. The van der Waals surface area contributed by atoms with E-state index in [1.165, 1.54) is 5.56 Å². The number of fused-ring (bicyclic) bond motifs is 3. The van der Waals surface area contributed by atoms with Gasteiger partial charge in [0.15, 0.2) is 5.82 Å². The van der Waals surface area contributed by atoms with Crippen LogP contribution in [0.25, 0.3) is 89.2 Å². The maximum Gasteiger partial charge on any atom is 0.160 e. The SMILES string of the molecule is c1ccc(-c2ccc(-c3cc(-c4cc(-c5cccnc5)cc(-c5ccc6oc7ccccc7c6c5)c4)nc(-c4ccccc4)n3)cc2)cc1. The Morgan fingerprint density at radius 3 is 1.67 bits per heavy atom. The zero-order valence-electron chi connectivity index (χ0n) is 26.5. The highest BCUT2D eigenvalue weighted by atomic mass is 16.3. The first-order valence-electron chi connectivity index (χ1n) is 16.3. The molecule has 4 heteroatoms. The summed E-state index contributed by atoms with van der Waals surface area (Å²) in [5, 5.41) is 2.20. The Bertz CT molecular complexity index is 2580.